The lowest BCUT2D eigenvalue weighted by molar-refractivity contribution is 0.549. The van der Waals surface area contributed by atoms with Gasteiger partial charge < -0.3 is 9.88 Å². The highest BCUT2D eigenvalue weighted by Crippen LogP contribution is 2.25. The standard InChI is InChI=1S/C13H15BrFN3/c1-16-11(12-7-17-8-18(12)2)6-9-4-3-5-10(15)13(9)14/h3-5,7-8,11,16H,6H2,1-2H3. The van der Waals surface area contributed by atoms with E-state index in [0.29, 0.717) is 10.9 Å². The van der Waals surface area contributed by atoms with Gasteiger partial charge in [0.15, 0.2) is 0 Å². The lowest BCUT2D eigenvalue weighted by Gasteiger charge is -2.17. The predicted octanol–water partition coefficient (Wildman–Crippen LogP) is 2.82. The first-order valence-corrected chi connectivity index (χ1v) is 6.49. The first kappa shape index (κ1) is 13.2. The van der Waals surface area contributed by atoms with Crippen molar-refractivity contribution >= 4 is 15.9 Å². The quantitative estimate of drug-likeness (QED) is 0.941. The second-order valence-corrected chi connectivity index (χ2v) is 4.98. The van der Waals surface area contributed by atoms with Crippen molar-refractivity contribution in [2.45, 2.75) is 12.5 Å². The third-order valence-electron chi connectivity index (χ3n) is 3.02. The number of aromatic nitrogens is 2. The average Bonchev–Trinajstić information content (AvgIpc) is 2.77. The Bertz CT molecular complexity index is 539. The summed E-state index contributed by atoms with van der Waals surface area (Å²) < 4.78 is 16.0. The third kappa shape index (κ3) is 2.62. The molecule has 0 fully saturated rings. The van der Waals surface area contributed by atoms with E-state index >= 15 is 0 Å². The van der Waals surface area contributed by atoms with Crippen LogP contribution in [0.5, 0.6) is 0 Å². The molecular weight excluding hydrogens is 297 g/mol. The first-order valence-electron chi connectivity index (χ1n) is 5.70. The van der Waals surface area contributed by atoms with Crippen LogP contribution in [0.15, 0.2) is 35.2 Å². The molecule has 1 N–H and O–H groups in total. The summed E-state index contributed by atoms with van der Waals surface area (Å²) in [6.45, 7) is 0. The van der Waals surface area contributed by atoms with Crippen molar-refractivity contribution in [3.8, 4) is 0 Å². The molecule has 96 valence electrons. The summed E-state index contributed by atoms with van der Waals surface area (Å²) in [5.74, 6) is -0.229. The van der Waals surface area contributed by atoms with Crippen molar-refractivity contribution in [2.24, 2.45) is 7.05 Å². The zero-order chi connectivity index (χ0) is 13.1. The van der Waals surface area contributed by atoms with Crippen LogP contribution in [-0.4, -0.2) is 16.6 Å². The number of hydrogen-bond donors (Lipinski definition) is 1. The minimum atomic E-state index is -0.229. The smallest absolute Gasteiger partial charge is 0.137 e. The molecule has 3 nitrogen and oxygen atoms in total. The van der Waals surface area contributed by atoms with Crippen molar-refractivity contribution in [3.05, 3.63) is 52.3 Å². The second-order valence-electron chi connectivity index (χ2n) is 4.19. The van der Waals surface area contributed by atoms with Crippen LogP contribution in [0.2, 0.25) is 0 Å². The first-order chi connectivity index (χ1) is 8.63. The van der Waals surface area contributed by atoms with Crippen molar-refractivity contribution < 1.29 is 4.39 Å². The highest BCUT2D eigenvalue weighted by atomic mass is 79.9. The zero-order valence-electron chi connectivity index (χ0n) is 10.3. The van der Waals surface area contributed by atoms with Gasteiger partial charge in [-0.2, -0.15) is 0 Å². The van der Waals surface area contributed by atoms with E-state index in [-0.39, 0.29) is 11.9 Å². The van der Waals surface area contributed by atoms with Crippen LogP contribution in [0.25, 0.3) is 0 Å². The highest BCUT2D eigenvalue weighted by molar-refractivity contribution is 9.10. The van der Waals surface area contributed by atoms with E-state index in [1.165, 1.54) is 6.07 Å². The van der Waals surface area contributed by atoms with Crippen molar-refractivity contribution in [1.29, 1.82) is 0 Å². The van der Waals surface area contributed by atoms with Gasteiger partial charge in [-0.05, 0) is 41.0 Å². The molecule has 1 aromatic carbocycles. The summed E-state index contributed by atoms with van der Waals surface area (Å²) >= 11 is 3.29. The summed E-state index contributed by atoms with van der Waals surface area (Å²) in [4.78, 5) is 4.11. The van der Waals surface area contributed by atoms with Gasteiger partial charge in [-0.25, -0.2) is 9.37 Å². The Morgan fingerprint density at radius 1 is 1.50 bits per heavy atom. The van der Waals surface area contributed by atoms with E-state index in [4.69, 9.17) is 0 Å². The van der Waals surface area contributed by atoms with Gasteiger partial charge in [-0.1, -0.05) is 12.1 Å². The molecule has 0 saturated heterocycles. The van der Waals surface area contributed by atoms with Crippen LogP contribution in [0, 0.1) is 5.82 Å². The lowest BCUT2D eigenvalue weighted by atomic mass is 10.0. The predicted molar refractivity (Wildman–Crippen MR) is 72.8 cm³/mol. The summed E-state index contributed by atoms with van der Waals surface area (Å²) in [5.41, 5.74) is 2.02. The molecule has 0 bridgehead atoms. The summed E-state index contributed by atoms with van der Waals surface area (Å²) in [7, 11) is 3.85. The molecule has 1 heterocycles. The summed E-state index contributed by atoms with van der Waals surface area (Å²) in [6.07, 6.45) is 4.29. The SMILES string of the molecule is CNC(Cc1cccc(F)c1Br)c1cncn1C. The Labute approximate surface area is 114 Å². The monoisotopic (exact) mass is 311 g/mol. The number of hydrogen-bond acceptors (Lipinski definition) is 2. The molecule has 1 atom stereocenters. The van der Waals surface area contributed by atoms with E-state index in [0.717, 1.165) is 11.3 Å². The Morgan fingerprint density at radius 3 is 2.89 bits per heavy atom. The van der Waals surface area contributed by atoms with E-state index in [9.17, 15) is 4.39 Å². The minimum absolute atomic E-state index is 0.107. The van der Waals surface area contributed by atoms with E-state index in [1.54, 1.807) is 12.4 Å². The molecule has 0 amide bonds. The Hall–Kier alpha value is -1.20. The number of likely N-dealkylation sites (N-methyl/N-ethyl adjacent to an activating group) is 1. The molecule has 2 rings (SSSR count). The molecule has 1 unspecified atom stereocenters. The Kier molecular flexibility index (Phi) is 4.14. The molecule has 0 aliphatic heterocycles. The van der Waals surface area contributed by atoms with Crippen LogP contribution in [0.1, 0.15) is 17.3 Å². The summed E-state index contributed by atoms with van der Waals surface area (Å²) in [6, 6.07) is 5.21. The summed E-state index contributed by atoms with van der Waals surface area (Å²) in [5, 5.41) is 3.24. The number of benzene rings is 1. The van der Waals surface area contributed by atoms with Gasteiger partial charge in [-0.3, -0.25) is 0 Å². The van der Waals surface area contributed by atoms with Gasteiger partial charge in [0.25, 0.3) is 0 Å². The number of nitrogens with zero attached hydrogens (tertiary/aromatic N) is 2. The molecule has 18 heavy (non-hydrogen) atoms. The molecule has 0 spiro atoms. The van der Waals surface area contributed by atoms with Crippen LogP contribution in [0.3, 0.4) is 0 Å². The topological polar surface area (TPSA) is 29.9 Å². The van der Waals surface area contributed by atoms with Gasteiger partial charge in [0.2, 0.25) is 0 Å². The number of nitrogens with one attached hydrogen (secondary N) is 1. The van der Waals surface area contributed by atoms with Crippen LogP contribution in [-0.2, 0) is 13.5 Å². The molecule has 0 aliphatic rings. The maximum absolute atomic E-state index is 13.5. The van der Waals surface area contributed by atoms with E-state index in [1.807, 2.05) is 30.9 Å². The molecule has 2 aromatic rings. The fourth-order valence-electron chi connectivity index (χ4n) is 1.98. The van der Waals surface area contributed by atoms with Gasteiger partial charge in [0.1, 0.15) is 5.82 Å². The largest absolute Gasteiger partial charge is 0.336 e. The van der Waals surface area contributed by atoms with E-state index in [2.05, 4.69) is 26.2 Å². The minimum Gasteiger partial charge on any atom is -0.336 e. The Balaban J connectivity index is 2.26. The molecular formula is C13H15BrFN3. The number of aryl methyl sites for hydroxylation is 1. The number of rotatable bonds is 4. The van der Waals surface area contributed by atoms with Crippen LogP contribution >= 0.6 is 15.9 Å². The van der Waals surface area contributed by atoms with Crippen LogP contribution < -0.4 is 5.32 Å². The zero-order valence-corrected chi connectivity index (χ0v) is 11.9. The third-order valence-corrected chi connectivity index (χ3v) is 3.90. The van der Waals surface area contributed by atoms with Crippen molar-refractivity contribution in [1.82, 2.24) is 14.9 Å². The maximum Gasteiger partial charge on any atom is 0.137 e. The molecule has 1 aromatic heterocycles. The molecule has 0 saturated carbocycles. The number of halogens is 2. The van der Waals surface area contributed by atoms with Crippen LogP contribution in [0.4, 0.5) is 4.39 Å². The fourth-order valence-corrected chi connectivity index (χ4v) is 2.41. The van der Waals surface area contributed by atoms with Gasteiger partial charge in [-0.15, -0.1) is 0 Å². The molecule has 5 heteroatoms. The second kappa shape index (κ2) is 5.63. The van der Waals surface area contributed by atoms with Gasteiger partial charge >= 0.3 is 0 Å². The fraction of sp³-hybridized carbons (Fsp3) is 0.308. The maximum atomic E-state index is 13.5. The van der Waals surface area contributed by atoms with Crippen molar-refractivity contribution in [2.75, 3.05) is 7.05 Å². The molecule has 0 aliphatic carbocycles. The normalized spacial score (nSPS) is 12.7. The number of imidazole rings is 1. The highest BCUT2D eigenvalue weighted by Gasteiger charge is 2.16. The lowest BCUT2D eigenvalue weighted by Crippen LogP contribution is -2.21. The Morgan fingerprint density at radius 2 is 2.28 bits per heavy atom. The van der Waals surface area contributed by atoms with Gasteiger partial charge in [0.05, 0.1) is 22.5 Å². The molecule has 0 radical (unpaired) electrons. The van der Waals surface area contributed by atoms with Gasteiger partial charge in [0, 0.05) is 13.2 Å². The van der Waals surface area contributed by atoms with E-state index < -0.39 is 0 Å². The average molecular weight is 312 g/mol. The van der Waals surface area contributed by atoms with Crippen molar-refractivity contribution in [3.63, 3.8) is 0 Å².